The van der Waals surface area contributed by atoms with Gasteiger partial charge >= 0.3 is 5.97 Å². The predicted octanol–water partition coefficient (Wildman–Crippen LogP) is 1.88. The van der Waals surface area contributed by atoms with Crippen LogP contribution < -0.4 is 0 Å². The molecular formula is C17H28N2O4. The van der Waals surface area contributed by atoms with Crippen LogP contribution >= 0.6 is 0 Å². The quantitative estimate of drug-likeness (QED) is 0.837. The number of likely N-dealkylation sites (tertiary alicyclic amines) is 1. The molecular weight excluding hydrogens is 296 g/mol. The molecule has 1 saturated heterocycles. The van der Waals surface area contributed by atoms with Gasteiger partial charge in [-0.15, -0.1) is 0 Å². The number of hydrogen-bond donors (Lipinski definition) is 1. The molecule has 2 rings (SSSR count). The number of amides is 2. The lowest BCUT2D eigenvalue weighted by molar-refractivity contribution is -0.145. The summed E-state index contributed by atoms with van der Waals surface area (Å²) in [5.41, 5.74) is 0. The van der Waals surface area contributed by atoms with Crippen LogP contribution in [-0.2, 0) is 14.4 Å². The monoisotopic (exact) mass is 324 g/mol. The van der Waals surface area contributed by atoms with Gasteiger partial charge in [0.15, 0.2) is 0 Å². The number of carboxylic acid groups (broad SMARTS) is 1. The first-order valence-electron chi connectivity index (χ1n) is 8.74. The van der Waals surface area contributed by atoms with Gasteiger partial charge < -0.3 is 14.9 Å². The molecule has 0 radical (unpaired) electrons. The Kier molecular flexibility index (Phi) is 6.42. The Balaban J connectivity index is 1.88. The van der Waals surface area contributed by atoms with Gasteiger partial charge in [0, 0.05) is 32.5 Å². The highest BCUT2D eigenvalue weighted by molar-refractivity contribution is 5.80. The molecule has 1 saturated carbocycles. The molecule has 6 heteroatoms. The highest BCUT2D eigenvalue weighted by atomic mass is 16.4. The van der Waals surface area contributed by atoms with Crippen molar-refractivity contribution in [3.8, 4) is 0 Å². The largest absolute Gasteiger partial charge is 0.480 e. The number of nitrogens with zero attached hydrogens (tertiary/aromatic N) is 2. The summed E-state index contributed by atoms with van der Waals surface area (Å²) >= 11 is 0. The number of carbonyl (C=O) groups is 3. The Labute approximate surface area is 137 Å². The summed E-state index contributed by atoms with van der Waals surface area (Å²) in [4.78, 5) is 38.5. The second-order valence-electron chi connectivity index (χ2n) is 6.86. The van der Waals surface area contributed by atoms with Crippen molar-refractivity contribution in [1.82, 2.24) is 9.80 Å². The second kappa shape index (κ2) is 8.31. The van der Waals surface area contributed by atoms with Gasteiger partial charge in [0.25, 0.3) is 0 Å². The van der Waals surface area contributed by atoms with E-state index in [0.717, 1.165) is 19.4 Å². The third-order valence-electron chi connectivity index (χ3n) is 5.14. The van der Waals surface area contributed by atoms with Crippen LogP contribution in [0.5, 0.6) is 0 Å². The van der Waals surface area contributed by atoms with Crippen molar-refractivity contribution in [3.63, 3.8) is 0 Å². The summed E-state index contributed by atoms with van der Waals surface area (Å²) in [7, 11) is 0. The minimum atomic E-state index is -0.987. The number of hydrogen-bond acceptors (Lipinski definition) is 3. The van der Waals surface area contributed by atoms with Crippen LogP contribution in [0.4, 0.5) is 0 Å². The van der Waals surface area contributed by atoms with E-state index in [2.05, 4.69) is 0 Å². The van der Waals surface area contributed by atoms with Crippen molar-refractivity contribution < 1.29 is 19.5 Å². The fraction of sp³-hybridized carbons (Fsp3) is 0.824. The number of carboxylic acids is 1. The number of aliphatic carboxylic acids is 1. The second-order valence-corrected chi connectivity index (χ2v) is 6.86. The summed E-state index contributed by atoms with van der Waals surface area (Å²) < 4.78 is 0. The fourth-order valence-electron chi connectivity index (χ4n) is 3.87. The molecule has 0 aromatic heterocycles. The maximum atomic E-state index is 12.4. The Morgan fingerprint density at radius 1 is 1.04 bits per heavy atom. The average Bonchev–Trinajstić information content (AvgIpc) is 2.86. The van der Waals surface area contributed by atoms with Crippen LogP contribution in [0, 0.1) is 5.92 Å². The molecule has 0 aromatic carbocycles. The molecule has 2 fully saturated rings. The van der Waals surface area contributed by atoms with Crippen molar-refractivity contribution >= 4 is 17.8 Å². The molecule has 2 amide bonds. The third kappa shape index (κ3) is 5.22. The molecule has 23 heavy (non-hydrogen) atoms. The molecule has 0 aromatic rings. The van der Waals surface area contributed by atoms with E-state index >= 15 is 0 Å². The van der Waals surface area contributed by atoms with Gasteiger partial charge in [-0.3, -0.25) is 14.4 Å². The Hall–Kier alpha value is -1.59. The summed E-state index contributed by atoms with van der Waals surface area (Å²) in [6, 6.07) is -0.0760. The van der Waals surface area contributed by atoms with Crippen LogP contribution in [0.3, 0.4) is 0 Å². The van der Waals surface area contributed by atoms with Crippen molar-refractivity contribution in [2.45, 2.75) is 64.3 Å². The van der Waals surface area contributed by atoms with Gasteiger partial charge in [-0.2, -0.15) is 0 Å². The lowest BCUT2D eigenvalue weighted by Gasteiger charge is -2.29. The molecule has 130 valence electrons. The molecule has 6 nitrogen and oxygen atoms in total. The van der Waals surface area contributed by atoms with Crippen molar-refractivity contribution in [1.29, 1.82) is 0 Å². The predicted molar refractivity (Wildman–Crippen MR) is 85.8 cm³/mol. The first-order chi connectivity index (χ1) is 11.0. The first-order valence-corrected chi connectivity index (χ1v) is 8.74. The average molecular weight is 324 g/mol. The molecule has 0 spiro atoms. The maximum absolute atomic E-state index is 12.4. The summed E-state index contributed by atoms with van der Waals surface area (Å²) in [5, 5.41) is 8.97. The first kappa shape index (κ1) is 17.8. The Bertz CT molecular complexity index is 446. The zero-order valence-electron chi connectivity index (χ0n) is 14.0. The zero-order valence-corrected chi connectivity index (χ0v) is 14.0. The van der Waals surface area contributed by atoms with E-state index in [9.17, 15) is 14.4 Å². The van der Waals surface area contributed by atoms with E-state index in [-0.39, 0.29) is 24.4 Å². The van der Waals surface area contributed by atoms with E-state index in [1.165, 1.54) is 37.5 Å². The fourth-order valence-corrected chi connectivity index (χ4v) is 3.87. The molecule has 1 atom stereocenters. The van der Waals surface area contributed by atoms with E-state index in [1.54, 1.807) is 0 Å². The minimum absolute atomic E-state index is 0.0760. The lowest BCUT2D eigenvalue weighted by atomic mass is 10.0. The smallest absolute Gasteiger partial charge is 0.323 e. The van der Waals surface area contributed by atoms with Gasteiger partial charge in [-0.05, 0) is 38.0 Å². The maximum Gasteiger partial charge on any atom is 0.323 e. The van der Waals surface area contributed by atoms with Gasteiger partial charge in [0.1, 0.15) is 6.54 Å². The van der Waals surface area contributed by atoms with Crippen LogP contribution in [0.15, 0.2) is 0 Å². The summed E-state index contributed by atoms with van der Waals surface area (Å²) in [6.45, 7) is 2.51. The normalized spacial score (nSPS) is 22.7. The highest BCUT2D eigenvalue weighted by Gasteiger charge is 2.28. The van der Waals surface area contributed by atoms with Crippen LogP contribution in [0.1, 0.15) is 58.3 Å². The Morgan fingerprint density at radius 3 is 2.35 bits per heavy atom. The Morgan fingerprint density at radius 2 is 1.74 bits per heavy atom. The standard InChI is InChI=1S/C17H28N2O4/c1-13(20)19(12-17(22)23)15-7-4-9-18(10-8-15)16(21)11-14-5-2-3-6-14/h14-15H,2-12H2,1H3,(H,22,23)/t15-/m1/s1. The van der Waals surface area contributed by atoms with Gasteiger partial charge in [-0.25, -0.2) is 0 Å². The molecule has 1 heterocycles. The minimum Gasteiger partial charge on any atom is -0.480 e. The summed E-state index contributed by atoms with van der Waals surface area (Å²) in [6.07, 6.45) is 7.72. The zero-order chi connectivity index (χ0) is 16.8. The van der Waals surface area contributed by atoms with Gasteiger partial charge in [0.2, 0.25) is 11.8 Å². The highest BCUT2D eigenvalue weighted by Crippen LogP contribution is 2.28. The molecule has 0 bridgehead atoms. The van der Waals surface area contributed by atoms with E-state index < -0.39 is 5.97 Å². The lowest BCUT2D eigenvalue weighted by Crippen LogP contribution is -2.43. The van der Waals surface area contributed by atoms with E-state index in [4.69, 9.17) is 5.11 Å². The van der Waals surface area contributed by atoms with Gasteiger partial charge in [-0.1, -0.05) is 12.8 Å². The van der Waals surface area contributed by atoms with Crippen LogP contribution in [0.25, 0.3) is 0 Å². The topological polar surface area (TPSA) is 77.9 Å². The van der Waals surface area contributed by atoms with Crippen LogP contribution in [0.2, 0.25) is 0 Å². The third-order valence-corrected chi connectivity index (χ3v) is 5.14. The summed E-state index contributed by atoms with van der Waals surface area (Å²) in [5.74, 6) is -0.422. The number of rotatable bonds is 5. The van der Waals surface area contributed by atoms with Crippen molar-refractivity contribution in [2.24, 2.45) is 5.92 Å². The molecule has 1 N–H and O–H groups in total. The SMILES string of the molecule is CC(=O)N(CC(=O)O)[C@@H]1CCCN(C(=O)CC2CCCC2)CC1. The van der Waals surface area contributed by atoms with E-state index in [1.807, 2.05) is 4.90 Å². The number of carbonyl (C=O) groups excluding carboxylic acids is 2. The molecule has 1 aliphatic heterocycles. The van der Waals surface area contributed by atoms with Crippen molar-refractivity contribution in [2.75, 3.05) is 19.6 Å². The molecule has 0 unspecified atom stereocenters. The van der Waals surface area contributed by atoms with E-state index in [0.29, 0.717) is 25.3 Å². The van der Waals surface area contributed by atoms with Crippen molar-refractivity contribution in [3.05, 3.63) is 0 Å². The van der Waals surface area contributed by atoms with Crippen LogP contribution in [-0.4, -0.2) is 58.4 Å². The van der Waals surface area contributed by atoms with Gasteiger partial charge in [0.05, 0.1) is 0 Å². The molecule has 2 aliphatic rings. The molecule has 1 aliphatic carbocycles.